The molecule has 4 nitrogen and oxygen atoms in total. The van der Waals surface area contributed by atoms with Gasteiger partial charge in [-0.15, -0.1) is 0 Å². The van der Waals surface area contributed by atoms with Gasteiger partial charge in [0.05, 0.1) is 5.92 Å². The van der Waals surface area contributed by atoms with Gasteiger partial charge in [0.25, 0.3) is 0 Å². The third-order valence-electron chi connectivity index (χ3n) is 2.87. The molecule has 0 N–H and O–H groups in total. The van der Waals surface area contributed by atoms with Crippen molar-refractivity contribution in [2.75, 3.05) is 0 Å². The predicted octanol–water partition coefficient (Wildman–Crippen LogP) is 2.60. The van der Waals surface area contributed by atoms with Crippen LogP contribution in [-0.2, 0) is 19.1 Å². The summed E-state index contributed by atoms with van der Waals surface area (Å²) in [4.78, 5) is 22.3. The maximum absolute atomic E-state index is 12.1. The van der Waals surface area contributed by atoms with Crippen molar-refractivity contribution in [1.82, 2.24) is 0 Å². The largest absolute Gasteiger partial charge is 0.490 e. The number of ether oxygens (including phenoxy) is 2. The lowest BCUT2D eigenvalue weighted by molar-refractivity contribution is -0.213. The summed E-state index contributed by atoms with van der Waals surface area (Å²) >= 11 is 0. The molecule has 0 spiro atoms. The molecule has 0 unspecified atom stereocenters. The van der Waals surface area contributed by atoms with Crippen LogP contribution >= 0.6 is 0 Å². The Hall–Kier alpha value is -1.27. The van der Waals surface area contributed by atoms with Gasteiger partial charge in [0, 0.05) is 0 Å². The Morgan fingerprint density at radius 2 is 1.53 bits per heavy atom. The number of halogens is 3. The standard InChI is InChI=1S/C12H17F3O4/c1-7(2)10(16)18-8-5-3-4-6-9(8)19-11(17)12(13,14)15/h7-9H,3-6H2,1-2H3/t8-,9+/m0/s1. The quantitative estimate of drug-likeness (QED) is 0.747. The number of rotatable bonds is 3. The summed E-state index contributed by atoms with van der Waals surface area (Å²) in [6.07, 6.45) is -4.75. The Morgan fingerprint density at radius 3 is 1.95 bits per heavy atom. The van der Waals surface area contributed by atoms with E-state index in [1.165, 1.54) is 0 Å². The Kier molecular flexibility index (Phi) is 5.20. The Labute approximate surface area is 109 Å². The summed E-state index contributed by atoms with van der Waals surface area (Å²) in [5.41, 5.74) is 0. The first-order chi connectivity index (χ1) is 8.71. The van der Waals surface area contributed by atoms with Crippen molar-refractivity contribution in [1.29, 1.82) is 0 Å². The molecular formula is C12H17F3O4. The molecule has 7 heteroatoms. The molecular weight excluding hydrogens is 265 g/mol. The summed E-state index contributed by atoms with van der Waals surface area (Å²) in [5.74, 6) is -3.11. The highest BCUT2D eigenvalue weighted by molar-refractivity contribution is 5.76. The molecule has 0 aliphatic heterocycles. The lowest BCUT2D eigenvalue weighted by Crippen LogP contribution is -2.41. The van der Waals surface area contributed by atoms with E-state index in [0.717, 1.165) is 6.42 Å². The molecule has 1 aliphatic carbocycles. The Bertz CT molecular complexity index is 338. The fourth-order valence-corrected chi connectivity index (χ4v) is 1.82. The number of carbonyl (C=O) groups is 2. The maximum atomic E-state index is 12.1. The smallest absolute Gasteiger partial charge is 0.458 e. The molecule has 0 saturated heterocycles. The highest BCUT2D eigenvalue weighted by Gasteiger charge is 2.44. The third-order valence-corrected chi connectivity index (χ3v) is 2.87. The topological polar surface area (TPSA) is 52.6 Å². The van der Waals surface area contributed by atoms with Crippen molar-refractivity contribution >= 4 is 11.9 Å². The molecule has 1 fully saturated rings. The van der Waals surface area contributed by atoms with Crippen molar-refractivity contribution in [3.05, 3.63) is 0 Å². The summed E-state index contributed by atoms with van der Waals surface area (Å²) in [7, 11) is 0. The van der Waals surface area contributed by atoms with Gasteiger partial charge in [-0.3, -0.25) is 4.79 Å². The van der Waals surface area contributed by atoms with Crippen LogP contribution in [0.15, 0.2) is 0 Å². The molecule has 110 valence electrons. The zero-order valence-corrected chi connectivity index (χ0v) is 10.8. The van der Waals surface area contributed by atoms with E-state index in [4.69, 9.17) is 4.74 Å². The SMILES string of the molecule is CC(C)C(=O)O[C@H]1CCCC[C@H]1OC(=O)C(F)(F)F. The van der Waals surface area contributed by atoms with E-state index in [0.29, 0.717) is 12.8 Å². The van der Waals surface area contributed by atoms with Gasteiger partial charge < -0.3 is 9.47 Å². The lowest BCUT2D eigenvalue weighted by atomic mass is 9.94. The summed E-state index contributed by atoms with van der Waals surface area (Å²) in [5, 5.41) is 0. The maximum Gasteiger partial charge on any atom is 0.490 e. The number of hydrogen-bond acceptors (Lipinski definition) is 4. The minimum absolute atomic E-state index is 0.276. The lowest BCUT2D eigenvalue weighted by Gasteiger charge is -2.31. The average molecular weight is 282 g/mol. The van der Waals surface area contributed by atoms with Crippen LogP contribution in [0.5, 0.6) is 0 Å². The van der Waals surface area contributed by atoms with Crippen LogP contribution in [0.1, 0.15) is 39.5 Å². The van der Waals surface area contributed by atoms with Crippen molar-refractivity contribution in [3.8, 4) is 0 Å². The van der Waals surface area contributed by atoms with E-state index in [1.807, 2.05) is 0 Å². The van der Waals surface area contributed by atoms with Crippen molar-refractivity contribution in [2.45, 2.75) is 57.9 Å². The van der Waals surface area contributed by atoms with Gasteiger partial charge in [-0.1, -0.05) is 13.8 Å². The third kappa shape index (κ3) is 4.72. The van der Waals surface area contributed by atoms with E-state index in [2.05, 4.69) is 4.74 Å². The molecule has 0 radical (unpaired) electrons. The van der Waals surface area contributed by atoms with Crippen molar-refractivity contribution in [3.63, 3.8) is 0 Å². The normalized spacial score (nSPS) is 24.1. The number of esters is 2. The Balaban J connectivity index is 2.63. The van der Waals surface area contributed by atoms with Gasteiger partial charge in [-0.05, 0) is 25.7 Å². The molecule has 0 bridgehead atoms. The van der Waals surface area contributed by atoms with Crippen LogP contribution < -0.4 is 0 Å². The molecule has 1 rings (SSSR count). The van der Waals surface area contributed by atoms with E-state index < -0.39 is 30.3 Å². The van der Waals surface area contributed by atoms with Gasteiger partial charge in [0.15, 0.2) is 0 Å². The van der Waals surface area contributed by atoms with Gasteiger partial charge in [-0.2, -0.15) is 13.2 Å². The first-order valence-corrected chi connectivity index (χ1v) is 6.20. The van der Waals surface area contributed by atoms with Crippen LogP contribution in [0, 0.1) is 5.92 Å². The van der Waals surface area contributed by atoms with E-state index in [1.54, 1.807) is 13.8 Å². The second-order valence-electron chi connectivity index (χ2n) is 4.86. The predicted molar refractivity (Wildman–Crippen MR) is 59.1 cm³/mol. The monoisotopic (exact) mass is 282 g/mol. The molecule has 0 aromatic rings. The second-order valence-corrected chi connectivity index (χ2v) is 4.86. The molecule has 0 amide bonds. The van der Waals surface area contributed by atoms with Crippen LogP contribution in [0.25, 0.3) is 0 Å². The van der Waals surface area contributed by atoms with Gasteiger partial charge in [0.1, 0.15) is 12.2 Å². The first-order valence-electron chi connectivity index (χ1n) is 6.20. The van der Waals surface area contributed by atoms with Gasteiger partial charge in [0.2, 0.25) is 0 Å². The molecule has 1 saturated carbocycles. The zero-order valence-electron chi connectivity index (χ0n) is 10.8. The average Bonchev–Trinajstić information content (AvgIpc) is 2.30. The summed E-state index contributed by atoms with van der Waals surface area (Å²) < 4.78 is 45.9. The van der Waals surface area contributed by atoms with Gasteiger partial charge >= 0.3 is 18.1 Å². The number of hydrogen-bond donors (Lipinski definition) is 0. The molecule has 19 heavy (non-hydrogen) atoms. The van der Waals surface area contributed by atoms with Gasteiger partial charge in [-0.25, -0.2) is 4.79 Å². The highest BCUT2D eigenvalue weighted by Crippen LogP contribution is 2.27. The fraction of sp³-hybridized carbons (Fsp3) is 0.833. The number of carbonyl (C=O) groups excluding carboxylic acids is 2. The first kappa shape index (κ1) is 15.8. The molecule has 0 heterocycles. The van der Waals surface area contributed by atoms with E-state index in [9.17, 15) is 22.8 Å². The summed E-state index contributed by atoms with van der Waals surface area (Å²) in [6, 6.07) is 0. The minimum atomic E-state index is -5.02. The van der Waals surface area contributed by atoms with Crippen LogP contribution in [0.3, 0.4) is 0 Å². The highest BCUT2D eigenvalue weighted by atomic mass is 19.4. The van der Waals surface area contributed by atoms with E-state index in [-0.39, 0.29) is 12.3 Å². The Morgan fingerprint density at radius 1 is 1.05 bits per heavy atom. The molecule has 2 atom stereocenters. The second kappa shape index (κ2) is 6.25. The molecule has 0 aromatic heterocycles. The molecule has 1 aliphatic rings. The molecule has 0 aromatic carbocycles. The minimum Gasteiger partial charge on any atom is -0.458 e. The van der Waals surface area contributed by atoms with Crippen LogP contribution in [0.4, 0.5) is 13.2 Å². The zero-order chi connectivity index (χ0) is 14.6. The van der Waals surface area contributed by atoms with Crippen LogP contribution in [0.2, 0.25) is 0 Å². The summed E-state index contributed by atoms with van der Waals surface area (Å²) in [6.45, 7) is 3.25. The van der Waals surface area contributed by atoms with Crippen molar-refractivity contribution < 1.29 is 32.2 Å². The van der Waals surface area contributed by atoms with Crippen LogP contribution in [-0.4, -0.2) is 30.3 Å². The fourth-order valence-electron chi connectivity index (χ4n) is 1.82. The number of alkyl halides is 3. The van der Waals surface area contributed by atoms with Crippen molar-refractivity contribution in [2.24, 2.45) is 5.92 Å². The van der Waals surface area contributed by atoms with E-state index >= 15 is 0 Å².